The minimum Gasteiger partial charge on any atom is -0.496 e. The van der Waals surface area contributed by atoms with Crippen molar-refractivity contribution in [3.63, 3.8) is 0 Å². The van der Waals surface area contributed by atoms with E-state index in [1.165, 1.54) is 7.11 Å². The van der Waals surface area contributed by atoms with E-state index < -0.39 is 12.1 Å². The summed E-state index contributed by atoms with van der Waals surface area (Å²) in [6.07, 6.45) is -3.16. The molecule has 0 saturated carbocycles. The molecule has 1 aromatic rings. The number of anilines is 1. The van der Waals surface area contributed by atoms with Gasteiger partial charge in [-0.15, -0.1) is 0 Å². The number of amides is 1. The molecule has 0 aromatic heterocycles. The summed E-state index contributed by atoms with van der Waals surface area (Å²) in [5.74, 6) is -2.48. The van der Waals surface area contributed by atoms with Gasteiger partial charge in [-0.1, -0.05) is 18.5 Å². The lowest BCUT2D eigenvalue weighted by Crippen LogP contribution is -2.44. The number of carbonyl (C=O) groups is 2. The molecule has 0 spiro atoms. The Morgan fingerprint density at radius 2 is 1.89 bits per heavy atom. The van der Waals surface area contributed by atoms with Gasteiger partial charge in [-0.3, -0.25) is 4.79 Å². The highest BCUT2D eigenvalue weighted by atomic mass is 35.5. The number of rotatable bonds is 4. The van der Waals surface area contributed by atoms with Crippen LogP contribution in [0.4, 0.5) is 18.9 Å². The minimum atomic E-state index is -5.08. The van der Waals surface area contributed by atoms with E-state index in [9.17, 15) is 18.0 Å². The van der Waals surface area contributed by atoms with E-state index >= 15 is 0 Å². The van der Waals surface area contributed by atoms with E-state index in [0.29, 0.717) is 22.0 Å². The molecule has 158 valence electrons. The molecular formula is C17H23ClF3N3O4. The average Bonchev–Trinajstić information content (AvgIpc) is 2.63. The van der Waals surface area contributed by atoms with E-state index in [0.717, 1.165) is 32.5 Å². The second-order valence-corrected chi connectivity index (χ2v) is 6.47. The average molecular weight is 426 g/mol. The van der Waals surface area contributed by atoms with Gasteiger partial charge in [0.1, 0.15) is 5.75 Å². The van der Waals surface area contributed by atoms with Gasteiger partial charge in [0.25, 0.3) is 5.91 Å². The van der Waals surface area contributed by atoms with Crippen molar-refractivity contribution in [2.45, 2.75) is 32.0 Å². The van der Waals surface area contributed by atoms with Gasteiger partial charge in [-0.05, 0) is 25.5 Å². The van der Waals surface area contributed by atoms with E-state index in [2.05, 4.69) is 17.1 Å². The highest BCUT2D eigenvalue weighted by molar-refractivity contribution is 6.33. The van der Waals surface area contributed by atoms with Crippen molar-refractivity contribution in [1.82, 2.24) is 10.2 Å². The summed E-state index contributed by atoms with van der Waals surface area (Å²) in [4.78, 5) is 23.7. The van der Waals surface area contributed by atoms with Crippen LogP contribution in [-0.2, 0) is 4.79 Å². The molecule has 28 heavy (non-hydrogen) atoms. The second kappa shape index (κ2) is 10.4. The lowest BCUT2D eigenvalue weighted by atomic mass is 10.0. The summed E-state index contributed by atoms with van der Waals surface area (Å²) in [5, 5.41) is 10.5. The second-order valence-electron chi connectivity index (χ2n) is 6.06. The Balaban J connectivity index is 0.000000480. The topological polar surface area (TPSA) is 105 Å². The van der Waals surface area contributed by atoms with Crippen molar-refractivity contribution in [2.75, 3.05) is 32.5 Å². The normalized spacial score (nSPS) is 15.4. The number of carboxylic acids is 1. The molecule has 1 amide bonds. The number of aliphatic carboxylic acids is 1. The number of ether oxygens (including phenoxy) is 1. The Kier molecular flexibility index (Phi) is 8.83. The first-order valence-electron chi connectivity index (χ1n) is 8.45. The number of carbonyl (C=O) groups excluding carboxylic acids is 1. The van der Waals surface area contributed by atoms with Crippen LogP contribution in [0.3, 0.4) is 0 Å². The largest absolute Gasteiger partial charge is 0.496 e. The van der Waals surface area contributed by atoms with Crippen LogP contribution in [0.15, 0.2) is 12.1 Å². The smallest absolute Gasteiger partial charge is 0.490 e. The molecule has 1 fully saturated rings. The number of likely N-dealkylation sites (tertiary alicyclic amines) is 1. The first kappa shape index (κ1) is 23.8. The molecule has 11 heteroatoms. The van der Waals surface area contributed by atoms with Crippen LogP contribution in [0, 0.1) is 0 Å². The highest BCUT2D eigenvalue weighted by Gasteiger charge is 2.38. The molecule has 0 bridgehead atoms. The van der Waals surface area contributed by atoms with Gasteiger partial charge in [-0.2, -0.15) is 13.2 Å². The molecule has 4 N–H and O–H groups in total. The number of hydrogen-bond donors (Lipinski definition) is 3. The van der Waals surface area contributed by atoms with Crippen molar-refractivity contribution in [3.8, 4) is 5.75 Å². The number of benzene rings is 1. The summed E-state index contributed by atoms with van der Waals surface area (Å²) >= 11 is 6.00. The number of methoxy groups -OCH3 is 1. The Hall–Kier alpha value is -2.20. The molecule has 2 rings (SSSR count). The number of carboxylic acid groups (broad SMARTS) is 1. The molecule has 1 aliphatic rings. The predicted octanol–water partition coefficient (Wildman–Crippen LogP) is 2.78. The quantitative estimate of drug-likeness (QED) is 0.641. The van der Waals surface area contributed by atoms with Crippen LogP contribution < -0.4 is 15.8 Å². The van der Waals surface area contributed by atoms with Crippen molar-refractivity contribution < 1.29 is 32.6 Å². The first-order valence-corrected chi connectivity index (χ1v) is 8.83. The number of alkyl halides is 3. The van der Waals surface area contributed by atoms with Gasteiger partial charge in [0, 0.05) is 25.2 Å². The maximum Gasteiger partial charge on any atom is 0.490 e. The molecule has 0 atom stereocenters. The number of halogens is 4. The van der Waals surface area contributed by atoms with Gasteiger partial charge in [0.2, 0.25) is 0 Å². The minimum absolute atomic E-state index is 0.163. The monoisotopic (exact) mass is 425 g/mol. The van der Waals surface area contributed by atoms with E-state index in [4.69, 9.17) is 32.0 Å². The van der Waals surface area contributed by atoms with Crippen LogP contribution >= 0.6 is 11.6 Å². The van der Waals surface area contributed by atoms with Gasteiger partial charge in [0.05, 0.1) is 23.4 Å². The number of nitrogen functional groups attached to an aromatic ring is 1. The van der Waals surface area contributed by atoms with Crippen LogP contribution in [0.25, 0.3) is 0 Å². The highest BCUT2D eigenvalue weighted by Crippen LogP contribution is 2.29. The number of nitrogens with two attached hydrogens (primary N) is 1. The van der Waals surface area contributed by atoms with Crippen LogP contribution in [-0.4, -0.2) is 60.8 Å². The molecule has 0 unspecified atom stereocenters. The molecule has 1 heterocycles. The maximum absolute atomic E-state index is 12.4. The van der Waals surface area contributed by atoms with E-state index in [-0.39, 0.29) is 11.9 Å². The zero-order valence-electron chi connectivity index (χ0n) is 15.5. The molecular weight excluding hydrogens is 403 g/mol. The Morgan fingerprint density at radius 1 is 1.36 bits per heavy atom. The SMILES string of the molecule is CCN1CCC(NC(=O)c2cc(Cl)c(N)cc2OC)CC1.O=C(O)C(F)(F)F. The summed E-state index contributed by atoms with van der Waals surface area (Å²) in [5.41, 5.74) is 6.56. The fourth-order valence-electron chi connectivity index (χ4n) is 2.57. The van der Waals surface area contributed by atoms with Crippen LogP contribution in [0.2, 0.25) is 5.02 Å². The summed E-state index contributed by atoms with van der Waals surface area (Å²) in [7, 11) is 1.51. The zero-order chi connectivity index (χ0) is 21.5. The lowest BCUT2D eigenvalue weighted by molar-refractivity contribution is -0.192. The van der Waals surface area contributed by atoms with Gasteiger partial charge >= 0.3 is 12.1 Å². The number of hydrogen-bond acceptors (Lipinski definition) is 5. The molecule has 7 nitrogen and oxygen atoms in total. The fraction of sp³-hybridized carbons (Fsp3) is 0.529. The zero-order valence-corrected chi connectivity index (χ0v) is 16.2. The summed E-state index contributed by atoms with van der Waals surface area (Å²) < 4.78 is 37.0. The van der Waals surface area contributed by atoms with Crippen molar-refractivity contribution in [1.29, 1.82) is 0 Å². The van der Waals surface area contributed by atoms with Gasteiger partial charge in [0.15, 0.2) is 0 Å². The lowest BCUT2D eigenvalue weighted by Gasteiger charge is -2.31. The maximum atomic E-state index is 12.4. The Morgan fingerprint density at radius 3 is 2.32 bits per heavy atom. The number of nitrogens with zero attached hydrogens (tertiary/aromatic N) is 1. The Labute approximate surface area is 165 Å². The summed E-state index contributed by atoms with van der Waals surface area (Å²) in [6, 6.07) is 3.34. The third-order valence-electron chi connectivity index (χ3n) is 4.18. The van der Waals surface area contributed by atoms with Crippen molar-refractivity contribution >= 4 is 29.2 Å². The first-order chi connectivity index (χ1) is 13.0. The Bertz CT molecular complexity index is 693. The third kappa shape index (κ3) is 7.08. The molecule has 1 saturated heterocycles. The standard InChI is InChI=1S/C15H22ClN3O2.C2HF3O2/c1-3-19-6-4-10(5-7-19)18-15(20)11-8-12(16)13(17)9-14(11)21-2;3-2(4,5)1(6)7/h8-10H,3-7,17H2,1-2H3,(H,18,20);(H,6,7). The predicted molar refractivity (Wildman–Crippen MR) is 98.7 cm³/mol. The van der Waals surface area contributed by atoms with Crippen molar-refractivity contribution in [3.05, 3.63) is 22.7 Å². The summed E-state index contributed by atoms with van der Waals surface area (Å²) in [6.45, 7) is 5.24. The van der Waals surface area contributed by atoms with Crippen LogP contribution in [0.5, 0.6) is 5.75 Å². The van der Waals surface area contributed by atoms with Gasteiger partial charge in [-0.25, -0.2) is 4.79 Å². The number of nitrogens with one attached hydrogen (secondary N) is 1. The molecule has 0 aliphatic carbocycles. The molecule has 0 radical (unpaired) electrons. The van der Waals surface area contributed by atoms with E-state index in [1.807, 2.05) is 0 Å². The van der Waals surface area contributed by atoms with E-state index in [1.54, 1.807) is 12.1 Å². The van der Waals surface area contributed by atoms with Gasteiger partial charge < -0.3 is 25.8 Å². The van der Waals surface area contributed by atoms with Crippen molar-refractivity contribution in [2.24, 2.45) is 0 Å². The third-order valence-corrected chi connectivity index (χ3v) is 4.50. The number of piperidine rings is 1. The molecule has 1 aliphatic heterocycles. The van der Waals surface area contributed by atoms with Crippen LogP contribution in [0.1, 0.15) is 30.1 Å². The molecule has 1 aromatic carbocycles. The fourth-order valence-corrected chi connectivity index (χ4v) is 2.74.